The molecule has 0 saturated carbocycles. The molecule has 0 atom stereocenters. The van der Waals surface area contributed by atoms with E-state index in [9.17, 15) is 9.59 Å². The highest BCUT2D eigenvalue weighted by Gasteiger charge is 2.12. The summed E-state index contributed by atoms with van der Waals surface area (Å²) in [6.07, 6.45) is 1.51. The van der Waals surface area contributed by atoms with Gasteiger partial charge in [0.25, 0.3) is 5.91 Å². The van der Waals surface area contributed by atoms with Gasteiger partial charge in [-0.25, -0.2) is 10.2 Å². The Morgan fingerprint density at radius 2 is 1.61 bits per heavy atom. The molecule has 0 saturated heterocycles. The molecule has 0 aliphatic rings. The molecule has 0 spiro atoms. The van der Waals surface area contributed by atoms with Crippen LogP contribution < -0.4 is 15.5 Å². The summed E-state index contributed by atoms with van der Waals surface area (Å²) in [7, 11) is 0. The van der Waals surface area contributed by atoms with E-state index in [1.54, 1.807) is 48.5 Å². The molecule has 0 unspecified atom stereocenters. The van der Waals surface area contributed by atoms with E-state index in [1.165, 1.54) is 6.21 Å². The van der Waals surface area contributed by atoms with Gasteiger partial charge < -0.3 is 10.1 Å². The Hall–Kier alpha value is -4.16. The third kappa shape index (κ3) is 5.96. The number of halogens is 1. The van der Waals surface area contributed by atoms with Gasteiger partial charge in [0, 0.05) is 5.69 Å². The molecule has 4 aromatic rings. The van der Waals surface area contributed by atoms with Crippen molar-refractivity contribution in [3.8, 4) is 5.75 Å². The fourth-order valence-electron chi connectivity index (χ4n) is 3.11. The Morgan fingerprint density at radius 1 is 0.879 bits per heavy atom. The normalized spacial score (nSPS) is 10.8. The number of nitrogens with zero attached hydrogens (tertiary/aromatic N) is 1. The van der Waals surface area contributed by atoms with Crippen molar-refractivity contribution in [1.29, 1.82) is 0 Å². The molecule has 4 rings (SSSR count). The van der Waals surface area contributed by atoms with Crippen molar-refractivity contribution >= 4 is 46.2 Å². The zero-order chi connectivity index (χ0) is 23.0. The lowest BCUT2D eigenvalue weighted by molar-refractivity contribution is -0.119. The first-order valence-electron chi connectivity index (χ1n) is 10.2. The number of benzene rings is 4. The zero-order valence-electron chi connectivity index (χ0n) is 17.5. The van der Waals surface area contributed by atoms with Crippen LogP contribution in [0.15, 0.2) is 96.1 Å². The Morgan fingerprint density at radius 3 is 2.39 bits per heavy atom. The summed E-state index contributed by atoms with van der Waals surface area (Å²) in [4.78, 5) is 24.3. The zero-order valence-corrected chi connectivity index (χ0v) is 18.3. The number of fused-ring (bicyclic) bond motifs is 1. The Bertz CT molecular complexity index is 1320. The number of ether oxygens (including phenoxy) is 1. The van der Waals surface area contributed by atoms with Crippen molar-refractivity contribution in [2.45, 2.75) is 0 Å². The maximum atomic E-state index is 12.2. The molecule has 33 heavy (non-hydrogen) atoms. The molecule has 0 aromatic heterocycles. The molecule has 2 N–H and O–H groups in total. The fraction of sp³-hybridized carbons (Fsp3) is 0.0385. The molecule has 164 valence electrons. The van der Waals surface area contributed by atoms with Crippen molar-refractivity contribution in [2.75, 3.05) is 11.9 Å². The molecule has 0 aliphatic heterocycles. The van der Waals surface area contributed by atoms with Crippen LogP contribution in [-0.2, 0) is 4.79 Å². The summed E-state index contributed by atoms with van der Waals surface area (Å²) in [5.41, 5.74) is 4.37. The summed E-state index contributed by atoms with van der Waals surface area (Å²) in [5.74, 6) is -0.432. The van der Waals surface area contributed by atoms with Crippen LogP contribution >= 0.6 is 11.6 Å². The third-order valence-corrected chi connectivity index (χ3v) is 5.12. The third-order valence-electron chi connectivity index (χ3n) is 4.79. The van der Waals surface area contributed by atoms with E-state index in [0.29, 0.717) is 16.3 Å². The van der Waals surface area contributed by atoms with Gasteiger partial charge in [0.05, 0.1) is 23.3 Å². The lowest BCUT2D eigenvalue weighted by Gasteiger charge is -2.07. The minimum Gasteiger partial charge on any atom is -0.423 e. The first-order chi connectivity index (χ1) is 16.1. The predicted octanol–water partition coefficient (Wildman–Crippen LogP) is 5.27. The number of carbonyl (C=O) groups is 2. The molecule has 0 bridgehead atoms. The van der Waals surface area contributed by atoms with Gasteiger partial charge in [-0.05, 0) is 64.9 Å². The molecular weight excluding hydrogens is 438 g/mol. The first-order valence-corrected chi connectivity index (χ1v) is 10.6. The van der Waals surface area contributed by atoms with E-state index in [1.807, 2.05) is 42.5 Å². The number of amides is 1. The quantitative estimate of drug-likeness (QED) is 0.171. The Balaban J connectivity index is 1.26. The second kappa shape index (κ2) is 10.4. The molecule has 6 nitrogen and oxygen atoms in total. The van der Waals surface area contributed by atoms with Crippen molar-refractivity contribution in [2.24, 2.45) is 5.10 Å². The van der Waals surface area contributed by atoms with Crippen LogP contribution in [-0.4, -0.2) is 24.6 Å². The molecule has 7 heteroatoms. The average Bonchev–Trinajstić information content (AvgIpc) is 2.84. The molecular formula is C26H20ClN3O3. The largest absolute Gasteiger partial charge is 0.423 e. The summed E-state index contributed by atoms with van der Waals surface area (Å²) in [6.45, 7) is 0.0899. The van der Waals surface area contributed by atoms with E-state index in [2.05, 4.69) is 15.8 Å². The maximum Gasteiger partial charge on any atom is 0.345 e. The SMILES string of the molecule is O=C(CNc1ccc2ccccc2c1)N/N=C\c1ccc(OC(=O)c2ccccc2Cl)cc1. The maximum absolute atomic E-state index is 12.2. The van der Waals surface area contributed by atoms with Crippen LogP contribution in [0.1, 0.15) is 15.9 Å². The Kier molecular flexibility index (Phi) is 6.97. The number of hydrogen-bond acceptors (Lipinski definition) is 5. The van der Waals surface area contributed by atoms with Crippen LogP contribution in [0.4, 0.5) is 5.69 Å². The molecule has 1 amide bonds. The van der Waals surface area contributed by atoms with Crippen molar-refractivity contribution < 1.29 is 14.3 Å². The van der Waals surface area contributed by atoms with Gasteiger partial charge in [-0.15, -0.1) is 0 Å². The highest BCUT2D eigenvalue weighted by Crippen LogP contribution is 2.20. The fourth-order valence-corrected chi connectivity index (χ4v) is 3.32. The van der Waals surface area contributed by atoms with Crippen molar-refractivity contribution in [3.05, 3.63) is 107 Å². The van der Waals surface area contributed by atoms with Crippen molar-refractivity contribution in [3.63, 3.8) is 0 Å². The molecule has 4 aromatic carbocycles. The molecule has 0 radical (unpaired) electrons. The van der Waals surface area contributed by atoms with E-state index >= 15 is 0 Å². The van der Waals surface area contributed by atoms with E-state index in [-0.39, 0.29) is 12.5 Å². The Labute approximate surface area is 195 Å². The molecule has 0 heterocycles. The van der Waals surface area contributed by atoms with E-state index in [4.69, 9.17) is 16.3 Å². The summed E-state index contributed by atoms with van der Waals surface area (Å²) in [6, 6.07) is 27.4. The first kappa shape index (κ1) is 22.0. The number of hydrogen-bond donors (Lipinski definition) is 2. The van der Waals surface area contributed by atoms with Gasteiger partial charge in [0.1, 0.15) is 5.75 Å². The number of carbonyl (C=O) groups excluding carboxylic acids is 2. The minimum absolute atomic E-state index is 0.0899. The van der Waals surface area contributed by atoms with Crippen molar-refractivity contribution in [1.82, 2.24) is 5.43 Å². The summed E-state index contributed by atoms with van der Waals surface area (Å²) in [5, 5.41) is 9.62. The minimum atomic E-state index is -0.534. The number of rotatable bonds is 7. The second-order valence-electron chi connectivity index (χ2n) is 7.15. The summed E-state index contributed by atoms with van der Waals surface area (Å²) >= 11 is 6.02. The molecule has 0 fully saturated rings. The highest BCUT2D eigenvalue weighted by molar-refractivity contribution is 6.33. The standard InChI is InChI=1S/C26H20ClN3O3/c27-24-8-4-3-7-23(24)26(32)33-22-13-9-18(10-14-22)16-29-30-25(31)17-28-21-12-11-19-5-1-2-6-20(19)15-21/h1-16,28H,17H2,(H,30,31)/b29-16-. The smallest absolute Gasteiger partial charge is 0.345 e. The van der Waals surface area contributed by atoms with E-state index in [0.717, 1.165) is 22.0 Å². The van der Waals surface area contributed by atoms with Gasteiger partial charge in [0.15, 0.2) is 0 Å². The molecule has 0 aliphatic carbocycles. The summed E-state index contributed by atoms with van der Waals surface area (Å²) < 4.78 is 5.33. The lowest BCUT2D eigenvalue weighted by atomic mass is 10.1. The lowest BCUT2D eigenvalue weighted by Crippen LogP contribution is -2.25. The highest BCUT2D eigenvalue weighted by atomic mass is 35.5. The van der Waals surface area contributed by atoms with Crippen LogP contribution in [0, 0.1) is 0 Å². The van der Waals surface area contributed by atoms with Gasteiger partial charge in [-0.1, -0.05) is 54.1 Å². The monoisotopic (exact) mass is 457 g/mol. The second-order valence-corrected chi connectivity index (χ2v) is 7.55. The van der Waals surface area contributed by atoms with Gasteiger partial charge >= 0.3 is 5.97 Å². The number of hydrazone groups is 1. The predicted molar refractivity (Wildman–Crippen MR) is 131 cm³/mol. The number of anilines is 1. The average molecular weight is 458 g/mol. The number of nitrogens with one attached hydrogen (secondary N) is 2. The van der Waals surface area contributed by atoms with Gasteiger partial charge in [0.2, 0.25) is 0 Å². The van der Waals surface area contributed by atoms with Crippen LogP contribution in [0.25, 0.3) is 10.8 Å². The topological polar surface area (TPSA) is 79.8 Å². The van der Waals surface area contributed by atoms with Crippen LogP contribution in [0.5, 0.6) is 5.75 Å². The van der Waals surface area contributed by atoms with Crippen LogP contribution in [0.3, 0.4) is 0 Å². The van der Waals surface area contributed by atoms with Crippen LogP contribution in [0.2, 0.25) is 5.02 Å². The van der Waals surface area contributed by atoms with Gasteiger partial charge in [-0.2, -0.15) is 5.10 Å². The number of esters is 1. The van der Waals surface area contributed by atoms with Gasteiger partial charge in [-0.3, -0.25) is 4.79 Å². The van der Waals surface area contributed by atoms with E-state index < -0.39 is 5.97 Å².